The Morgan fingerprint density at radius 1 is 0.957 bits per heavy atom. The van der Waals surface area contributed by atoms with E-state index in [0.717, 1.165) is 31.8 Å². The fourth-order valence-corrected chi connectivity index (χ4v) is 6.47. The lowest BCUT2D eigenvalue weighted by atomic mass is 10.2. The van der Waals surface area contributed by atoms with E-state index in [-0.39, 0.29) is 12.4 Å². The molecule has 4 heterocycles. The quantitative estimate of drug-likeness (QED) is 0.132. The largest absolute Gasteiger partial charge is 0.488 e. The summed E-state index contributed by atoms with van der Waals surface area (Å²) < 4.78 is 43.0. The van der Waals surface area contributed by atoms with Gasteiger partial charge in [-0.05, 0) is 70.0 Å². The summed E-state index contributed by atoms with van der Waals surface area (Å²) in [4.78, 5) is 24.3. The zero-order valence-electron chi connectivity index (χ0n) is 24.8. The maximum Gasteiger partial charge on any atom is 0.225 e. The SMILES string of the molecule is O=S(=O)=CN(CCc1ccccn1)CCc1nc(-c2cc3c(Nc4ccc(OCc5cccc(F)c5)c(Br)c4)ncnc3cn2)cs1. The van der Waals surface area contributed by atoms with E-state index in [1.54, 1.807) is 23.4 Å². The molecule has 4 aromatic heterocycles. The van der Waals surface area contributed by atoms with Crippen molar-refractivity contribution >= 4 is 65.5 Å². The summed E-state index contributed by atoms with van der Waals surface area (Å²) in [5.41, 5.74) is 5.66. The monoisotopic (exact) mass is 731 g/mol. The molecule has 0 saturated heterocycles. The highest BCUT2D eigenvalue weighted by Gasteiger charge is 2.13. The van der Waals surface area contributed by atoms with Gasteiger partial charge < -0.3 is 10.1 Å². The number of nitrogens with zero attached hydrogens (tertiary/aromatic N) is 6. The summed E-state index contributed by atoms with van der Waals surface area (Å²) >= 11 is 5.07. The van der Waals surface area contributed by atoms with E-state index in [2.05, 4.69) is 41.2 Å². The van der Waals surface area contributed by atoms with Crippen LogP contribution < -0.4 is 10.1 Å². The van der Waals surface area contributed by atoms with Crippen LogP contribution in [0.5, 0.6) is 5.75 Å². The smallest absolute Gasteiger partial charge is 0.225 e. The average Bonchev–Trinajstić information content (AvgIpc) is 3.55. The minimum Gasteiger partial charge on any atom is -0.488 e. The van der Waals surface area contributed by atoms with Gasteiger partial charge in [0.1, 0.15) is 35.8 Å². The number of pyridine rings is 2. The second-order valence-corrected chi connectivity index (χ2v) is 12.9. The van der Waals surface area contributed by atoms with Gasteiger partial charge in [-0.1, -0.05) is 18.2 Å². The molecule has 0 bridgehead atoms. The number of anilines is 2. The second-order valence-electron chi connectivity index (χ2n) is 10.3. The lowest BCUT2D eigenvalue weighted by molar-refractivity contribution is 0.303. The van der Waals surface area contributed by atoms with Gasteiger partial charge in [-0.15, -0.1) is 11.3 Å². The molecular formula is C33H27BrFN7O3S2. The molecule has 6 aromatic rings. The van der Waals surface area contributed by atoms with Crippen molar-refractivity contribution in [3.05, 3.63) is 117 Å². The summed E-state index contributed by atoms with van der Waals surface area (Å²) in [7, 11) is -2.31. The Labute approximate surface area is 284 Å². The standard InChI is InChI=1S/C33H27BrFN7O3S2/c34-27-15-25(7-8-31(27)45-18-22-4-3-5-23(35)14-22)40-33-26-16-28(37-17-29(26)38-20-39-33)30-19-46-32(41-30)10-13-42(21-47(43)44)12-9-24-6-1-2-11-36-24/h1-8,11,14-17,19-21H,9-10,12-13,18H2,(H,38,39,40). The number of benzene rings is 2. The number of thiazole rings is 1. The number of fused-ring (bicyclic) bond motifs is 1. The molecule has 0 aliphatic rings. The van der Waals surface area contributed by atoms with E-state index in [0.29, 0.717) is 54.4 Å². The summed E-state index contributed by atoms with van der Waals surface area (Å²) in [6.07, 6.45) is 6.09. The zero-order chi connectivity index (χ0) is 32.6. The van der Waals surface area contributed by atoms with Crippen LogP contribution >= 0.6 is 27.3 Å². The maximum absolute atomic E-state index is 13.5. The lowest BCUT2D eigenvalue weighted by Gasteiger charge is -2.15. The van der Waals surface area contributed by atoms with Crippen LogP contribution in [0.25, 0.3) is 22.3 Å². The molecule has 1 N–H and O–H groups in total. The lowest BCUT2D eigenvalue weighted by Crippen LogP contribution is -2.27. The number of hydrogen-bond donors (Lipinski definition) is 1. The topological polar surface area (TPSA) is 123 Å². The predicted molar refractivity (Wildman–Crippen MR) is 185 cm³/mol. The third kappa shape index (κ3) is 8.80. The molecule has 0 atom stereocenters. The van der Waals surface area contributed by atoms with Gasteiger partial charge in [0, 0.05) is 54.3 Å². The van der Waals surface area contributed by atoms with Crippen molar-refractivity contribution in [1.29, 1.82) is 0 Å². The molecule has 0 unspecified atom stereocenters. The molecule has 47 heavy (non-hydrogen) atoms. The van der Waals surface area contributed by atoms with E-state index in [9.17, 15) is 12.8 Å². The van der Waals surface area contributed by atoms with Gasteiger partial charge in [0.25, 0.3) is 0 Å². The number of rotatable bonds is 13. The highest BCUT2D eigenvalue weighted by atomic mass is 79.9. The molecule has 0 saturated carbocycles. The van der Waals surface area contributed by atoms with Gasteiger partial charge in [0.2, 0.25) is 10.3 Å². The molecule has 6 rings (SSSR count). The Morgan fingerprint density at radius 2 is 1.85 bits per heavy atom. The Hall–Kier alpha value is -4.63. The molecule has 10 nitrogen and oxygen atoms in total. The van der Waals surface area contributed by atoms with E-state index >= 15 is 0 Å². The summed E-state index contributed by atoms with van der Waals surface area (Å²) in [5, 5.41) is 6.92. The van der Waals surface area contributed by atoms with Crippen LogP contribution in [0, 0.1) is 5.82 Å². The van der Waals surface area contributed by atoms with Crippen molar-refractivity contribution in [2.75, 3.05) is 18.4 Å². The van der Waals surface area contributed by atoms with Crippen molar-refractivity contribution in [3.63, 3.8) is 0 Å². The number of nitrogens with one attached hydrogen (secondary N) is 1. The molecule has 14 heteroatoms. The first-order valence-electron chi connectivity index (χ1n) is 14.5. The number of hydrogen-bond acceptors (Lipinski definition) is 10. The molecular weight excluding hydrogens is 705 g/mol. The van der Waals surface area contributed by atoms with Crippen LogP contribution in [0.3, 0.4) is 0 Å². The van der Waals surface area contributed by atoms with Crippen LogP contribution in [0.2, 0.25) is 0 Å². The molecule has 0 aliphatic carbocycles. The predicted octanol–water partition coefficient (Wildman–Crippen LogP) is 6.49. The summed E-state index contributed by atoms with van der Waals surface area (Å²) in [6, 6.07) is 19.5. The molecule has 0 spiro atoms. The highest BCUT2D eigenvalue weighted by Crippen LogP contribution is 2.32. The average molecular weight is 733 g/mol. The first kappa shape index (κ1) is 32.3. The third-order valence-electron chi connectivity index (χ3n) is 7.04. The van der Waals surface area contributed by atoms with Crippen molar-refractivity contribution in [1.82, 2.24) is 29.8 Å². The zero-order valence-corrected chi connectivity index (χ0v) is 28.0. The Kier molecular flexibility index (Phi) is 10.5. The number of ether oxygens (including phenoxy) is 1. The first-order chi connectivity index (χ1) is 22.9. The molecule has 238 valence electrons. The Bertz CT molecular complexity index is 2140. The molecule has 2 aromatic carbocycles. The van der Waals surface area contributed by atoms with Gasteiger partial charge in [0.15, 0.2) is 0 Å². The maximum atomic E-state index is 13.5. The van der Waals surface area contributed by atoms with Gasteiger partial charge in [-0.3, -0.25) is 14.9 Å². The van der Waals surface area contributed by atoms with Crippen molar-refractivity contribution in [2.24, 2.45) is 0 Å². The van der Waals surface area contributed by atoms with Gasteiger partial charge >= 0.3 is 0 Å². The normalized spacial score (nSPS) is 11.1. The highest BCUT2D eigenvalue weighted by molar-refractivity contribution is 9.10. The molecule has 0 amide bonds. The van der Waals surface area contributed by atoms with Crippen molar-refractivity contribution in [3.8, 4) is 17.1 Å². The van der Waals surface area contributed by atoms with Crippen LogP contribution in [-0.4, -0.2) is 56.8 Å². The van der Waals surface area contributed by atoms with Crippen LogP contribution in [0.1, 0.15) is 16.3 Å². The summed E-state index contributed by atoms with van der Waals surface area (Å²) in [5.74, 6) is 0.911. The number of halogens is 2. The Balaban J connectivity index is 1.13. The molecule has 0 aliphatic heterocycles. The van der Waals surface area contributed by atoms with Crippen molar-refractivity contribution in [2.45, 2.75) is 19.4 Å². The van der Waals surface area contributed by atoms with Crippen LogP contribution in [-0.2, 0) is 29.7 Å². The first-order valence-corrected chi connectivity index (χ1v) is 17.3. The van der Waals surface area contributed by atoms with Gasteiger partial charge in [0.05, 0.1) is 32.6 Å². The van der Waals surface area contributed by atoms with Gasteiger partial charge in [-0.25, -0.2) is 19.3 Å². The van der Waals surface area contributed by atoms with Crippen LogP contribution in [0.4, 0.5) is 15.9 Å². The van der Waals surface area contributed by atoms with Crippen LogP contribution in [0.15, 0.2) is 95.3 Å². The molecule has 0 fully saturated rings. The van der Waals surface area contributed by atoms with E-state index in [4.69, 9.17) is 9.72 Å². The fraction of sp³-hybridized carbons (Fsp3) is 0.152. The minimum atomic E-state index is -2.31. The van der Waals surface area contributed by atoms with Gasteiger partial charge in [-0.2, -0.15) is 8.42 Å². The van der Waals surface area contributed by atoms with E-state index in [1.165, 1.54) is 35.3 Å². The number of aromatic nitrogens is 5. The van der Waals surface area contributed by atoms with E-state index < -0.39 is 10.3 Å². The minimum absolute atomic E-state index is 0.234. The fourth-order valence-electron chi connectivity index (χ4n) is 4.74. The van der Waals surface area contributed by atoms with Crippen molar-refractivity contribution < 1.29 is 17.5 Å². The Morgan fingerprint density at radius 3 is 2.66 bits per heavy atom. The second kappa shape index (κ2) is 15.3. The summed E-state index contributed by atoms with van der Waals surface area (Å²) in [6.45, 7) is 1.25. The van der Waals surface area contributed by atoms with E-state index in [1.807, 2.05) is 53.9 Å². The third-order valence-corrected chi connectivity index (χ3v) is 9.04. The molecule has 0 radical (unpaired) electrons.